The zero-order valence-electron chi connectivity index (χ0n) is 11.9. The SMILES string of the molecule is CCn1nc(C)c(Br)c1COc1cc(N)ccc1C(N)=O. The lowest BCUT2D eigenvalue weighted by molar-refractivity contribution is 0.0996. The van der Waals surface area contributed by atoms with Crippen LogP contribution in [0, 0.1) is 6.92 Å². The Morgan fingerprint density at radius 3 is 2.81 bits per heavy atom. The highest BCUT2D eigenvalue weighted by Crippen LogP contribution is 2.26. The number of anilines is 1. The molecule has 112 valence electrons. The molecule has 6 nitrogen and oxygen atoms in total. The molecule has 2 aromatic rings. The quantitative estimate of drug-likeness (QED) is 0.806. The Morgan fingerprint density at radius 2 is 2.19 bits per heavy atom. The van der Waals surface area contributed by atoms with Crippen molar-refractivity contribution in [1.82, 2.24) is 9.78 Å². The monoisotopic (exact) mass is 352 g/mol. The lowest BCUT2D eigenvalue weighted by Crippen LogP contribution is -2.14. The van der Waals surface area contributed by atoms with Crippen molar-refractivity contribution in [1.29, 1.82) is 0 Å². The van der Waals surface area contributed by atoms with Gasteiger partial charge in [-0.15, -0.1) is 0 Å². The number of carbonyl (C=O) groups is 1. The van der Waals surface area contributed by atoms with E-state index in [9.17, 15) is 4.79 Å². The highest BCUT2D eigenvalue weighted by molar-refractivity contribution is 9.10. The second-order valence-electron chi connectivity index (χ2n) is 4.57. The summed E-state index contributed by atoms with van der Waals surface area (Å²) in [6.45, 7) is 4.90. The van der Waals surface area contributed by atoms with Crippen LogP contribution in [0.3, 0.4) is 0 Å². The molecule has 1 amide bonds. The highest BCUT2D eigenvalue weighted by Gasteiger charge is 2.15. The molecule has 0 unspecified atom stereocenters. The molecule has 0 saturated heterocycles. The lowest BCUT2D eigenvalue weighted by atomic mass is 10.1. The van der Waals surface area contributed by atoms with E-state index in [0.29, 0.717) is 17.0 Å². The van der Waals surface area contributed by atoms with Crippen molar-refractivity contribution < 1.29 is 9.53 Å². The van der Waals surface area contributed by atoms with Gasteiger partial charge in [-0.1, -0.05) is 0 Å². The number of halogens is 1. The van der Waals surface area contributed by atoms with E-state index in [1.54, 1.807) is 18.2 Å². The number of amides is 1. The summed E-state index contributed by atoms with van der Waals surface area (Å²) in [5.74, 6) is -0.180. The van der Waals surface area contributed by atoms with Gasteiger partial charge in [-0.2, -0.15) is 5.10 Å². The third kappa shape index (κ3) is 3.18. The van der Waals surface area contributed by atoms with Gasteiger partial charge in [-0.3, -0.25) is 9.48 Å². The fraction of sp³-hybridized carbons (Fsp3) is 0.286. The third-order valence-electron chi connectivity index (χ3n) is 3.09. The largest absolute Gasteiger partial charge is 0.486 e. The molecular weight excluding hydrogens is 336 g/mol. The number of rotatable bonds is 5. The van der Waals surface area contributed by atoms with Gasteiger partial charge in [0.05, 0.1) is 21.4 Å². The van der Waals surface area contributed by atoms with Gasteiger partial charge in [0.2, 0.25) is 0 Å². The number of nitrogens with zero attached hydrogens (tertiary/aromatic N) is 2. The number of nitrogens with two attached hydrogens (primary N) is 2. The van der Waals surface area contributed by atoms with Gasteiger partial charge >= 0.3 is 0 Å². The van der Waals surface area contributed by atoms with Crippen molar-refractivity contribution in [2.45, 2.75) is 27.0 Å². The summed E-state index contributed by atoms with van der Waals surface area (Å²) >= 11 is 3.50. The number of primary amides is 1. The molecule has 21 heavy (non-hydrogen) atoms. The van der Waals surface area contributed by atoms with E-state index in [4.69, 9.17) is 16.2 Å². The first-order chi connectivity index (χ1) is 9.93. The normalized spacial score (nSPS) is 10.6. The zero-order chi connectivity index (χ0) is 15.6. The molecule has 4 N–H and O–H groups in total. The predicted molar refractivity (Wildman–Crippen MR) is 84.0 cm³/mol. The van der Waals surface area contributed by atoms with Crippen molar-refractivity contribution >= 4 is 27.5 Å². The van der Waals surface area contributed by atoms with E-state index in [0.717, 1.165) is 22.4 Å². The Labute approximate surface area is 131 Å². The molecule has 0 fully saturated rings. The van der Waals surface area contributed by atoms with Gasteiger partial charge in [-0.05, 0) is 41.9 Å². The Hall–Kier alpha value is -2.02. The van der Waals surface area contributed by atoms with Crippen LogP contribution in [-0.2, 0) is 13.2 Å². The molecule has 0 saturated carbocycles. The Bertz CT molecular complexity index is 682. The molecule has 0 bridgehead atoms. The van der Waals surface area contributed by atoms with E-state index in [-0.39, 0.29) is 6.61 Å². The van der Waals surface area contributed by atoms with Crippen LogP contribution in [0.15, 0.2) is 22.7 Å². The zero-order valence-corrected chi connectivity index (χ0v) is 13.5. The van der Waals surface area contributed by atoms with Crippen LogP contribution in [0.4, 0.5) is 5.69 Å². The summed E-state index contributed by atoms with van der Waals surface area (Å²) in [6.07, 6.45) is 0. The maximum Gasteiger partial charge on any atom is 0.252 e. The molecule has 0 radical (unpaired) electrons. The van der Waals surface area contributed by atoms with Gasteiger partial charge in [0, 0.05) is 18.3 Å². The number of aryl methyl sites for hydroxylation is 2. The van der Waals surface area contributed by atoms with E-state index in [1.165, 1.54) is 0 Å². The summed E-state index contributed by atoms with van der Waals surface area (Å²) < 4.78 is 8.47. The summed E-state index contributed by atoms with van der Waals surface area (Å²) in [5.41, 5.74) is 13.7. The highest BCUT2D eigenvalue weighted by atomic mass is 79.9. The molecule has 0 spiro atoms. The maximum absolute atomic E-state index is 11.4. The Balaban J connectivity index is 2.28. The first-order valence-corrected chi connectivity index (χ1v) is 7.27. The minimum Gasteiger partial charge on any atom is -0.486 e. The third-order valence-corrected chi connectivity index (χ3v) is 4.12. The van der Waals surface area contributed by atoms with Crippen molar-refractivity contribution in [3.05, 3.63) is 39.6 Å². The van der Waals surface area contributed by atoms with Gasteiger partial charge < -0.3 is 16.2 Å². The average molecular weight is 353 g/mol. The Kier molecular flexibility index (Phi) is 4.52. The molecule has 0 aliphatic rings. The number of hydrogen-bond donors (Lipinski definition) is 2. The van der Waals surface area contributed by atoms with Gasteiger partial charge in [-0.25, -0.2) is 0 Å². The van der Waals surface area contributed by atoms with Gasteiger partial charge in [0.1, 0.15) is 12.4 Å². The van der Waals surface area contributed by atoms with E-state index in [1.807, 2.05) is 18.5 Å². The predicted octanol–water partition coefficient (Wildman–Crippen LogP) is 2.23. The first-order valence-electron chi connectivity index (χ1n) is 6.48. The molecule has 2 rings (SSSR count). The molecule has 0 atom stereocenters. The van der Waals surface area contributed by atoms with E-state index < -0.39 is 5.91 Å². The summed E-state index contributed by atoms with van der Waals surface area (Å²) in [7, 11) is 0. The maximum atomic E-state index is 11.4. The van der Waals surface area contributed by atoms with Gasteiger partial charge in [0.25, 0.3) is 5.91 Å². The molecule has 0 aliphatic heterocycles. The van der Waals surface area contributed by atoms with Crippen molar-refractivity contribution in [2.24, 2.45) is 5.73 Å². The number of benzene rings is 1. The van der Waals surface area contributed by atoms with Crippen LogP contribution in [0.2, 0.25) is 0 Å². The van der Waals surface area contributed by atoms with Crippen LogP contribution in [0.5, 0.6) is 5.75 Å². The second kappa shape index (κ2) is 6.17. The minimum atomic E-state index is -0.552. The van der Waals surface area contributed by atoms with E-state index in [2.05, 4.69) is 21.0 Å². The fourth-order valence-electron chi connectivity index (χ4n) is 2.01. The number of aromatic nitrogens is 2. The summed E-state index contributed by atoms with van der Waals surface area (Å²) in [5, 5.41) is 4.39. The molecule has 1 aromatic heterocycles. The first kappa shape index (κ1) is 15.4. The average Bonchev–Trinajstić information content (AvgIpc) is 2.71. The van der Waals surface area contributed by atoms with Crippen LogP contribution >= 0.6 is 15.9 Å². The van der Waals surface area contributed by atoms with Crippen LogP contribution in [0.1, 0.15) is 28.7 Å². The van der Waals surface area contributed by atoms with Gasteiger partial charge in [0.15, 0.2) is 0 Å². The molecule has 7 heteroatoms. The number of hydrogen-bond acceptors (Lipinski definition) is 4. The van der Waals surface area contributed by atoms with Crippen molar-refractivity contribution in [2.75, 3.05) is 5.73 Å². The van der Waals surface area contributed by atoms with Crippen LogP contribution < -0.4 is 16.2 Å². The second-order valence-corrected chi connectivity index (χ2v) is 5.36. The standard InChI is InChI=1S/C14H17BrN4O2/c1-3-19-11(13(15)8(2)18-19)7-21-12-6-9(16)4-5-10(12)14(17)20/h4-6H,3,7,16H2,1-2H3,(H2,17,20). The molecular formula is C14H17BrN4O2. The van der Waals surface area contributed by atoms with Crippen molar-refractivity contribution in [3.63, 3.8) is 0 Å². The van der Waals surface area contributed by atoms with E-state index >= 15 is 0 Å². The van der Waals surface area contributed by atoms with Crippen LogP contribution in [0.25, 0.3) is 0 Å². The fourth-order valence-corrected chi connectivity index (χ4v) is 2.41. The minimum absolute atomic E-state index is 0.263. The van der Waals surface area contributed by atoms with Crippen molar-refractivity contribution in [3.8, 4) is 5.75 Å². The Morgan fingerprint density at radius 1 is 1.48 bits per heavy atom. The summed E-state index contributed by atoms with van der Waals surface area (Å²) in [4.78, 5) is 11.4. The number of ether oxygens (including phenoxy) is 1. The topological polar surface area (TPSA) is 96.2 Å². The smallest absolute Gasteiger partial charge is 0.252 e. The summed E-state index contributed by atoms with van der Waals surface area (Å²) in [6, 6.07) is 4.77. The molecule has 0 aliphatic carbocycles. The lowest BCUT2D eigenvalue weighted by Gasteiger charge is -2.11. The number of nitrogen functional groups attached to an aromatic ring is 1. The van der Waals surface area contributed by atoms with Crippen LogP contribution in [-0.4, -0.2) is 15.7 Å². The molecule has 1 aromatic carbocycles. The number of carbonyl (C=O) groups excluding carboxylic acids is 1. The molecule has 1 heterocycles.